The summed E-state index contributed by atoms with van der Waals surface area (Å²) in [6.07, 6.45) is -0.191. The van der Waals surface area contributed by atoms with Crippen molar-refractivity contribution in [2.45, 2.75) is 19.4 Å². The van der Waals surface area contributed by atoms with Crippen molar-refractivity contribution in [2.75, 3.05) is 21.3 Å². The van der Waals surface area contributed by atoms with Crippen LogP contribution in [-0.2, 0) is 0 Å². The Hall–Kier alpha value is -1.68. The number of hydrogen-bond donors (Lipinski definition) is 1. The van der Waals surface area contributed by atoms with Crippen LogP contribution in [0.4, 0.5) is 0 Å². The van der Waals surface area contributed by atoms with Crippen LogP contribution in [0, 0.1) is 0 Å². The molecule has 0 aromatic heterocycles. The molecular weight excluding hydrogens is 232 g/mol. The van der Waals surface area contributed by atoms with E-state index >= 15 is 0 Å². The highest BCUT2D eigenvalue weighted by atomic mass is 16.5. The zero-order valence-corrected chi connectivity index (χ0v) is 11.3. The lowest BCUT2D eigenvalue weighted by Gasteiger charge is -2.19. The van der Waals surface area contributed by atoms with Crippen molar-refractivity contribution >= 4 is 0 Å². The summed E-state index contributed by atoms with van der Waals surface area (Å²) in [4.78, 5) is 0. The normalized spacial score (nSPS) is 11.8. The van der Waals surface area contributed by atoms with Gasteiger partial charge in [0.05, 0.1) is 27.4 Å². The molecule has 1 aromatic carbocycles. The van der Waals surface area contributed by atoms with Crippen molar-refractivity contribution < 1.29 is 19.3 Å². The summed E-state index contributed by atoms with van der Waals surface area (Å²) in [7, 11) is 4.63. The van der Waals surface area contributed by atoms with E-state index in [1.165, 1.54) is 14.2 Å². The number of aliphatic hydroxyl groups is 1. The Morgan fingerprint density at radius 3 is 2.22 bits per heavy atom. The van der Waals surface area contributed by atoms with Gasteiger partial charge in [-0.15, -0.1) is 6.58 Å². The van der Waals surface area contributed by atoms with E-state index in [2.05, 4.69) is 6.58 Å². The summed E-state index contributed by atoms with van der Waals surface area (Å²) in [6, 6.07) is 3.52. The van der Waals surface area contributed by atoms with Crippen LogP contribution in [0.2, 0.25) is 0 Å². The molecule has 4 nitrogen and oxygen atoms in total. The highest BCUT2D eigenvalue weighted by Crippen LogP contribution is 2.42. The fourth-order valence-corrected chi connectivity index (χ4v) is 1.83. The number of aliphatic hydroxyl groups excluding tert-OH is 1. The summed E-state index contributed by atoms with van der Waals surface area (Å²) in [5, 5.41) is 10.1. The first kappa shape index (κ1) is 14.4. The van der Waals surface area contributed by atoms with Gasteiger partial charge in [0, 0.05) is 5.56 Å². The van der Waals surface area contributed by atoms with Gasteiger partial charge >= 0.3 is 0 Å². The van der Waals surface area contributed by atoms with Gasteiger partial charge in [0.25, 0.3) is 0 Å². The second-order valence-corrected chi connectivity index (χ2v) is 4.10. The molecule has 0 bridgehead atoms. The number of methoxy groups -OCH3 is 3. The van der Waals surface area contributed by atoms with Gasteiger partial charge in [0.15, 0.2) is 11.5 Å². The Labute approximate surface area is 108 Å². The third-order valence-electron chi connectivity index (χ3n) is 2.64. The molecule has 0 radical (unpaired) electrons. The smallest absolute Gasteiger partial charge is 0.203 e. The number of hydrogen-bond acceptors (Lipinski definition) is 4. The van der Waals surface area contributed by atoms with Crippen LogP contribution in [0.3, 0.4) is 0 Å². The molecule has 0 spiro atoms. The maximum Gasteiger partial charge on any atom is 0.203 e. The molecule has 18 heavy (non-hydrogen) atoms. The van der Waals surface area contributed by atoms with E-state index in [1.807, 2.05) is 6.92 Å². The van der Waals surface area contributed by atoms with Gasteiger partial charge in [0.1, 0.15) is 0 Å². The molecule has 0 saturated heterocycles. The van der Waals surface area contributed by atoms with Crippen LogP contribution in [0.25, 0.3) is 0 Å². The lowest BCUT2D eigenvalue weighted by atomic mass is 10.0. The molecule has 0 fully saturated rings. The quantitative estimate of drug-likeness (QED) is 0.791. The van der Waals surface area contributed by atoms with E-state index in [-0.39, 0.29) is 0 Å². The monoisotopic (exact) mass is 252 g/mol. The van der Waals surface area contributed by atoms with Crippen molar-refractivity contribution in [1.29, 1.82) is 0 Å². The molecule has 1 unspecified atom stereocenters. The Morgan fingerprint density at radius 2 is 1.78 bits per heavy atom. The van der Waals surface area contributed by atoms with Gasteiger partial charge in [-0.3, -0.25) is 0 Å². The zero-order chi connectivity index (χ0) is 13.7. The second kappa shape index (κ2) is 6.31. The highest BCUT2D eigenvalue weighted by Gasteiger charge is 2.20. The predicted molar refractivity (Wildman–Crippen MR) is 70.5 cm³/mol. The Morgan fingerprint density at radius 1 is 1.17 bits per heavy atom. The van der Waals surface area contributed by atoms with E-state index in [4.69, 9.17) is 14.2 Å². The molecular formula is C14H20O4. The van der Waals surface area contributed by atoms with Gasteiger partial charge in [-0.2, -0.15) is 0 Å². The van der Waals surface area contributed by atoms with Crippen LogP contribution < -0.4 is 14.2 Å². The fourth-order valence-electron chi connectivity index (χ4n) is 1.83. The number of rotatable bonds is 6. The number of ether oxygens (including phenoxy) is 3. The van der Waals surface area contributed by atoms with Crippen LogP contribution in [0.15, 0.2) is 24.3 Å². The van der Waals surface area contributed by atoms with Crippen LogP contribution in [0.1, 0.15) is 25.0 Å². The lowest BCUT2D eigenvalue weighted by Crippen LogP contribution is -2.04. The van der Waals surface area contributed by atoms with Crippen LogP contribution >= 0.6 is 0 Å². The molecule has 0 aliphatic carbocycles. The Balaban J connectivity index is 3.23. The first-order chi connectivity index (χ1) is 8.54. The molecule has 0 aliphatic rings. The second-order valence-electron chi connectivity index (χ2n) is 4.10. The van der Waals surface area contributed by atoms with Gasteiger partial charge in [0.2, 0.25) is 5.75 Å². The topological polar surface area (TPSA) is 47.9 Å². The molecule has 0 heterocycles. The van der Waals surface area contributed by atoms with E-state index in [0.29, 0.717) is 29.2 Å². The Bertz CT molecular complexity index is 426. The van der Waals surface area contributed by atoms with E-state index in [9.17, 15) is 5.11 Å². The molecule has 0 amide bonds. The first-order valence-corrected chi connectivity index (χ1v) is 5.66. The molecule has 0 aliphatic heterocycles. The minimum atomic E-state index is -0.669. The summed E-state index contributed by atoms with van der Waals surface area (Å²) in [6.45, 7) is 5.67. The summed E-state index contributed by atoms with van der Waals surface area (Å²) in [5.41, 5.74) is 1.57. The van der Waals surface area contributed by atoms with E-state index < -0.39 is 6.10 Å². The zero-order valence-electron chi connectivity index (χ0n) is 11.3. The van der Waals surface area contributed by atoms with Gasteiger partial charge < -0.3 is 19.3 Å². The minimum Gasteiger partial charge on any atom is -0.493 e. The summed E-state index contributed by atoms with van der Waals surface area (Å²) in [5.74, 6) is 1.55. The van der Waals surface area contributed by atoms with Crippen molar-refractivity contribution in [1.82, 2.24) is 0 Å². The van der Waals surface area contributed by atoms with Crippen molar-refractivity contribution in [3.05, 3.63) is 29.8 Å². The molecule has 4 heteroatoms. The maximum atomic E-state index is 10.1. The Kier molecular flexibility index (Phi) is 5.04. The maximum absolute atomic E-state index is 10.1. The van der Waals surface area contributed by atoms with Gasteiger partial charge in [-0.05, 0) is 25.5 Å². The van der Waals surface area contributed by atoms with E-state index in [1.54, 1.807) is 19.2 Å². The molecule has 100 valence electrons. The molecule has 0 saturated carbocycles. The van der Waals surface area contributed by atoms with Crippen LogP contribution in [0.5, 0.6) is 17.2 Å². The fraction of sp³-hybridized carbons (Fsp3) is 0.429. The van der Waals surface area contributed by atoms with Gasteiger partial charge in [-0.1, -0.05) is 5.57 Å². The average Bonchev–Trinajstić information content (AvgIpc) is 2.35. The molecule has 1 N–H and O–H groups in total. The first-order valence-electron chi connectivity index (χ1n) is 5.66. The summed E-state index contributed by atoms with van der Waals surface area (Å²) >= 11 is 0. The third-order valence-corrected chi connectivity index (χ3v) is 2.64. The molecule has 1 aromatic rings. The third kappa shape index (κ3) is 2.96. The van der Waals surface area contributed by atoms with Crippen molar-refractivity contribution in [3.8, 4) is 17.2 Å². The standard InChI is InChI=1S/C14H20O4/c1-9(2)8-11(15)10-6-7-12(16-3)14(18-5)13(10)17-4/h6-7,11,15H,1,8H2,2-5H3. The van der Waals surface area contributed by atoms with E-state index in [0.717, 1.165) is 5.57 Å². The molecule has 1 rings (SSSR count). The van der Waals surface area contributed by atoms with Crippen molar-refractivity contribution in [2.24, 2.45) is 0 Å². The average molecular weight is 252 g/mol. The number of benzene rings is 1. The summed E-state index contributed by atoms with van der Waals surface area (Å²) < 4.78 is 15.8. The van der Waals surface area contributed by atoms with Crippen LogP contribution in [-0.4, -0.2) is 26.4 Å². The lowest BCUT2D eigenvalue weighted by molar-refractivity contribution is 0.172. The van der Waals surface area contributed by atoms with Crippen molar-refractivity contribution in [3.63, 3.8) is 0 Å². The predicted octanol–water partition coefficient (Wildman–Crippen LogP) is 2.71. The molecule has 1 atom stereocenters. The SMILES string of the molecule is C=C(C)CC(O)c1ccc(OC)c(OC)c1OC. The highest BCUT2D eigenvalue weighted by molar-refractivity contribution is 5.56. The largest absolute Gasteiger partial charge is 0.493 e. The van der Waals surface area contributed by atoms with Gasteiger partial charge in [-0.25, -0.2) is 0 Å². The minimum absolute atomic E-state index is 0.478.